The zero-order chi connectivity index (χ0) is 6.85. The molecule has 55 valence electrons. The molecule has 1 heterocycles. The molecule has 0 saturated carbocycles. The van der Waals surface area contributed by atoms with Gasteiger partial charge in [0.15, 0.2) is 0 Å². The van der Waals surface area contributed by atoms with Crippen molar-refractivity contribution in [1.82, 2.24) is 9.78 Å². The number of nitrogen functional groups attached to an aromatic ring is 1. The number of aryl methyl sites for hydroxylation is 1. The van der Waals surface area contributed by atoms with Gasteiger partial charge in [-0.05, 0) is 12.7 Å². The van der Waals surface area contributed by atoms with Crippen molar-refractivity contribution >= 4 is 5.82 Å². The molecule has 0 unspecified atom stereocenters. The number of anilines is 1. The van der Waals surface area contributed by atoms with Crippen LogP contribution in [0.1, 0.15) is 12.6 Å². The maximum Gasteiger partial charge on any atom is 0.0407 e. The van der Waals surface area contributed by atoms with Crippen molar-refractivity contribution in [2.75, 3.05) is 5.73 Å². The topological polar surface area (TPSA) is 43.8 Å². The maximum absolute atomic E-state index is 5.52. The number of nitrogens with two attached hydrogens (primary N) is 1. The van der Waals surface area contributed by atoms with Crippen LogP contribution in [0.3, 0.4) is 0 Å². The first-order valence-electron chi connectivity index (χ1n) is 2.85. The van der Waals surface area contributed by atoms with Crippen molar-refractivity contribution in [3.63, 3.8) is 0 Å². The molecular formula is C6H10N3V-. The van der Waals surface area contributed by atoms with Gasteiger partial charge in [0.25, 0.3) is 0 Å². The molecule has 0 spiro atoms. The summed E-state index contributed by atoms with van der Waals surface area (Å²) in [5.74, 6) is 0.690. The summed E-state index contributed by atoms with van der Waals surface area (Å²) >= 11 is 0. The molecule has 1 aromatic heterocycles. The fourth-order valence-electron chi connectivity index (χ4n) is 0.743. The Hall–Kier alpha value is -0.536. The number of hydrogen-bond donors (Lipinski definition) is 1. The molecule has 0 aliphatic heterocycles. The van der Waals surface area contributed by atoms with Crippen LogP contribution in [-0.2, 0) is 18.6 Å². The van der Waals surface area contributed by atoms with Crippen LogP contribution in [0.2, 0.25) is 0 Å². The molecule has 1 rings (SSSR count). The average Bonchev–Trinajstić information content (AvgIpc) is 2.10. The van der Waals surface area contributed by atoms with E-state index in [4.69, 9.17) is 5.73 Å². The van der Waals surface area contributed by atoms with Gasteiger partial charge in [-0.25, -0.2) is 5.10 Å². The van der Waals surface area contributed by atoms with Gasteiger partial charge >= 0.3 is 0 Å². The van der Waals surface area contributed by atoms with E-state index in [9.17, 15) is 0 Å². The quantitative estimate of drug-likeness (QED) is 0.641. The first-order chi connectivity index (χ1) is 4.24. The van der Waals surface area contributed by atoms with Crippen molar-refractivity contribution in [1.29, 1.82) is 0 Å². The summed E-state index contributed by atoms with van der Waals surface area (Å²) in [5, 5.41) is 4.06. The third-order valence-electron chi connectivity index (χ3n) is 1.13. The van der Waals surface area contributed by atoms with Gasteiger partial charge in [0.05, 0.1) is 0 Å². The minimum atomic E-state index is 0. The van der Waals surface area contributed by atoms with Crippen molar-refractivity contribution in [3.05, 3.63) is 18.3 Å². The van der Waals surface area contributed by atoms with Gasteiger partial charge in [-0.3, -0.25) is 0 Å². The normalized spacial score (nSPS) is 8.60. The molecule has 0 amide bonds. The Kier molecular flexibility index (Phi) is 3.40. The molecule has 1 radical (unpaired) electrons. The van der Waals surface area contributed by atoms with Gasteiger partial charge in [-0.2, -0.15) is 0 Å². The number of nitrogens with zero attached hydrogens (tertiary/aromatic N) is 2. The van der Waals surface area contributed by atoms with Crippen LogP contribution in [0.5, 0.6) is 0 Å². The molecule has 0 fully saturated rings. The fourth-order valence-corrected chi connectivity index (χ4v) is 0.743. The van der Waals surface area contributed by atoms with Crippen LogP contribution in [-0.4, -0.2) is 9.78 Å². The molecule has 4 heteroatoms. The van der Waals surface area contributed by atoms with Gasteiger partial charge < -0.3 is 10.4 Å². The first kappa shape index (κ1) is 9.46. The second kappa shape index (κ2) is 3.59. The maximum atomic E-state index is 5.52. The monoisotopic (exact) mass is 175 g/mol. The Balaban J connectivity index is 0.000000810. The first-order valence-corrected chi connectivity index (χ1v) is 2.85. The Bertz CT molecular complexity index is 207. The smallest absolute Gasteiger partial charge is 0.0407 e. The predicted molar refractivity (Wildman–Crippen MR) is 36.7 cm³/mol. The summed E-state index contributed by atoms with van der Waals surface area (Å²) in [5.41, 5.74) is 6.47. The Labute approximate surface area is 72.5 Å². The molecule has 0 bridgehead atoms. The van der Waals surface area contributed by atoms with Crippen LogP contribution < -0.4 is 5.73 Å². The zero-order valence-electron chi connectivity index (χ0n) is 6.07. The van der Waals surface area contributed by atoms with E-state index in [0.29, 0.717) is 5.82 Å². The van der Waals surface area contributed by atoms with Crippen LogP contribution in [0.4, 0.5) is 5.82 Å². The van der Waals surface area contributed by atoms with E-state index in [1.807, 2.05) is 26.5 Å². The number of rotatable bonds is 1. The molecule has 1 aromatic rings. The summed E-state index contributed by atoms with van der Waals surface area (Å²) < 4.78 is 1.65. The summed E-state index contributed by atoms with van der Waals surface area (Å²) in [6, 6.07) is 1.83. The molecule has 0 aliphatic rings. The summed E-state index contributed by atoms with van der Waals surface area (Å²) in [7, 11) is 0. The van der Waals surface area contributed by atoms with Gasteiger partial charge in [0, 0.05) is 24.2 Å². The van der Waals surface area contributed by atoms with Crippen LogP contribution in [0.15, 0.2) is 6.07 Å². The van der Waals surface area contributed by atoms with E-state index < -0.39 is 0 Å². The molecule has 2 N–H and O–H groups in total. The standard InChI is InChI=1S/C6H10N3.V/c1-3-9-6(7)4-5(2)8-9;/h3-4H,7H2,1-2H3;/q-1;. The third kappa shape index (κ3) is 1.72. The van der Waals surface area contributed by atoms with Gasteiger partial charge in [-0.1, -0.05) is 13.0 Å². The van der Waals surface area contributed by atoms with Crippen molar-refractivity contribution < 1.29 is 18.6 Å². The Morgan fingerprint density at radius 2 is 2.30 bits per heavy atom. The van der Waals surface area contributed by atoms with Crippen molar-refractivity contribution in [3.8, 4) is 0 Å². The van der Waals surface area contributed by atoms with Crippen molar-refractivity contribution in [2.24, 2.45) is 0 Å². The third-order valence-corrected chi connectivity index (χ3v) is 1.13. The van der Waals surface area contributed by atoms with Crippen molar-refractivity contribution in [2.45, 2.75) is 13.8 Å². The zero-order valence-corrected chi connectivity index (χ0v) is 7.47. The minimum Gasteiger partial charge on any atom is -0.460 e. The van der Waals surface area contributed by atoms with Crippen LogP contribution >= 0.6 is 0 Å². The van der Waals surface area contributed by atoms with E-state index in [2.05, 4.69) is 5.10 Å². The predicted octanol–water partition coefficient (Wildman–Crippen LogP) is 0.801. The molecule has 0 aromatic carbocycles. The average molecular weight is 175 g/mol. The van der Waals surface area contributed by atoms with E-state index >= 15 is 0 Å². The van der Waals surface area contributed by atoms with Gasteiger partial charge in [-0.15, -0.1) is 6.54 Å². The van der Waals surface area contributed by atoms with E-state index in [-0.39, 0.29) is 18.6 Å². The Morgan fingerprint density at radius 1 is 1.70 bits per heavy atom. The van der Waals surface area contributed by atoms with E-state index in [0.717, 1.165) is 5.69 Å². The second-order valence-corrected chi connectivity index (χ2v) is 1.91. The van der Waals surface area contributed by atoms with Crippen LogP contribution in [0, 0.1) is 13.5 Å². The molecule has 0 aliphatic carbocycles. The van der Waals surface area contributed by atoms with E-state index in [1.165, 1.54) is 0 Å². The van der Waals surface area contributed by atoms with Crippen LogP contribution in [0.25, 0.3) is 0 Å². The SMILES string of the molecule is C[CH-]n1nc(C)cc1N.[V]. The van der Waals surface area contributed by atoms with Gasteiger partial charge in [0.1, 0.15) is 0 Å². The summed E-state index contributed by atoms with van der Waals surface area (Å²) in [6.45, 7) is 5.63. The molecular weight excluding hydrogens is 165 g/mol. The number of hydrogen-bond acceptors (Lipinski definition) is 2. The molecule has 0 saturated heterocycles. The largest absolute Gasteiger partial charge is 0.460 e. The fraction of sp³-hybridized carbons (Fsp3) is 0.333. The molecule has 3 nitrogen and oxygen atoms in total. The number of aromatic nitrogens is 2. The minimum absolute atomic E-state index is 0. The summed E-state index contributed by atoms with van der Waals surface area (Å²) in [4.78, 5) is 0. The summed E-state index contributed by atoms with van der Waals surface area (Å²) in [6.07, 6.45) is 0. The van der Waals surface area contributed by atoms with Gasteiger partial charge in [0.2, 0.25) is 0 Å². The second-order valence-electron chi connectivity index (χ2n) is 1.91. The molecule has 10 heavy (non-hydrogen) atoms. The van der Waals surface area contributed by atoms with E-state index in [1.54, 1.807) is 4.68 Å². The molecule has 0 atom stereocenters. The Morgan fingerprint density at radius 3 is 2.50 bits per heavy atom.